The first-order valence-corrected chi connectivity index (χ1v) is 6.35. The summed E-state index contributed by atoms with van der Waals surface area (Å²) in [6, 6.07) is 7.17. The first kappa shape index (κ1) is 12.4. The third-order valence-electron chi connectivity index (χ3n) is 3.66. The molecule has 1 saturated carbocycles. The maximum atomic E-state index is 9.17. The highest BCUT2D eigenvalue weighted by Gasteiger charge is 2.25. The second-order valence-electron chi connectivity index (χ2n) is 4.87. The van der Waals surface area contributed by atoms with Gasteiger partial charge in [-0.1, -0.05) is 18.6 Å². The summed E-state index contributed by atoms with van der Waals surface area (Å²) in [5.41, 5.74) is 6.84. The second-order valence-corrected chi connectivity index (χ2v) is 4.87. The maximum Gasteiger partial charge on any atom is 0.115 e. The van der Waals surface area contributed by atoms with Gasteiger partial charge in [-0.15, -0.1) is 0 Å². The summed E-state index contributed by atoms with van der Waals surface area (Å²) in [5, 5.41) is 9.17. The number of hydrogen-bond acceptors (Lipinski definition) is 3. The standard InChI is InChI=1S/C14H21NO2/c15-8-12-2-1-3-13(12)10-17-9-11-4-6-14(16)7-5-11/h4-7,12-13,16H,1-3,8-10,15H2. The molecule has 0 radical (unpaired) electrons. The molecule has 3 nitrogen and oxygen atoms in total. The van der Waals surface area contributed by atoms with Crippen LogP contribution in [0.25, 0.3) is 0 Å². The van der Waals surface area contributed by atoms with Crippen molar-refractivity contribution in [2.24, 2.45) is 17.6 Å². The molecule has 1 aliphatic rings. The Morgan fingerprint density at radius 2 is 1.88 bits per heavy atom. The molecule has 1 fully saturated rings. The Kier molecular flexibility index (Phi) is 4.40. The molecule has 0 saturated heterocycles. The van der Waals surface area contributed by atoms with Crippen LogP contribution in [0.3, 0.4) is 0 Å². The largest absolute Gasteiger partial charge is 0.508 e. The molecule has 0 bridgehead atoms. The third-order valence-corrected chi connectivity index (χ3v) is 3.66. The molecule has 0 aliphatic heterocycles. The highest BCUT2D eigenvalue weighted by Crippen LogP contribution is 2.31. The van der Waals surface area contributed by atoms with Crippen LogP contribution in [0.2, 0.25) is 0 Å². The van der Waals surface area contributed by atoms with Crippen LogP contribution in [0.1, 0.15) is 24.8 Å². The monoisotopic (exact) mass is 235 g/mol. The van der Waals surface area contributed by atoms with Crippen LogP contribution in [0, 0.1) is 11.8 Å². The molecule has 1 aromatic rings. The summed E-state index contributed by atoms with van der Waals surface area (Å²) in [7, 11) is 0. The molecular formula is C14H21NO2. The zero-order chi connectivity index (χ0) is 12.1. The van der Waals surface area contributed by atoms with Crippen LogP contribution >= 0.6 is 0 Å². The van der Waals surface area contributed by atoms with E-state index in [1.165, 1.54) is 19.3 Å². The zero-order valence-electron chi connectivity index (χ0n) is 10.1. The fourth-order valence-electron chi connectivity index (χ4n) is 2.56. The highest BCUT2D eigenvalue weighted by molar-refractivity contribution is 5.25. The molecule has 17 heavy (non-hydrogen) atoms. The van der Waals surface area contributed by atoms with Crippen molar-refractivity contribution >= 4 is 0 Å². The summed E-state index contributed by atoms with van der Waals surface area (Å²) in [6.45, 7) is 2.21. The Bertz CT molecular complexity index is 337. The maximum absolute atomic E-state index is 9.17. The minimum atomic E-state index is 0.299. The van der Waals surface area contributed by atoms with Crippen molar-refractivity contribution in [3.8, 4) is 5.75 Å². The molecule has 0 amide bonds. The average Bonchev–Trinajstić information content (AvgIpc) is 2.79. The lowest BCUT2D eigenvalue weighted by atomic mass is 9.97. The van der Waals surface area contributed by atoms with Crippen LogP contribution in [-0.2, 0) is 11.3 Å². The molecule has 2 rings (SSSR count). The fourth-order valence-corrected chi connectivity index (χ4v) is 2.56. The first-order chi connectivity index (χ1) is 8.29. The van der Waals surface area contributed by atoms with E-state index in [1.54, 1.807) is 12.1 Å². The summed E-state index contributed by atoms with van der Waals surface area (Å²) in [6.07, 6.45) is 3.79. The fraction of sp³-hybridized carbons (Fsp3) is 0.571. The number of rotatable bonds is 5. The number of phenolic OH excluding ortho intramolecular Hbond substituents is 1. The quantitative estimate of drug-likeness (QED) is 0.823. The third kappa shape index (κ3) is 3.45. The van der Waals surface area contributed by atoms with E-state index >= 15 is 0 Å². The molecule has 0 aromatic heterocycles. The summed E-state index contributed by atoms with van der Waals surface area (Å²) < 4.78 is 5.74. The van der Waals surface area contributed by atoms with E-state index in [4.69, 9.17) is 15.6 Å². The molecule has 2 unspecified atom stereocenters. The molecule has 3 heteroatoms. The molecule has 2 atom stereocenters. The minimum Gasteiger partial charge on any atom is -0.508 e. The Morgan fingerprint density at radius 3 is 2.59 bits per heavy atom. The molecule has 0 heterocycles. The normalized spacial score (nSPS) is 24.1. The Hall–Kier alpha value is -1.06. The SMILES string of the molecule is NCC1CCCC1COCc1ccc(O)cc1. The number of hydrogen-bond donors (Lipinski definition) is 2. The number of benzene rings is 1. The van der Waals surface area contributed by atoms with Gasteiger partial charge in [0.05, 0.1) is 13.2 Å². The van der Waals surface area contributed by atoms with Crippen LogP contribution in [0.15, 0.2) is 24.3 Å². The van der Waals surface area contributed by atoms with Crippen LogP contribution < -0.4 is 5.73 Å². The van der Waals surface area contributed by atoms with Gasteiger partial charge in [0.25, 0.3) is 0 Å². The molecule has 1 aliphatic carbocycles. The molecule has 1 aromatic carbocycles. The Balaban J connectivity index is 1.74. The molecule has 94 valence electrons. The zero-order valence-corrected chi connectivity index (χ0v) is 10.1. The van der Waals surface area contributed by atoms with E-state index in [0.29, 0.717) is 24.2 Å². The second kappa shape index (κ2) is 6.03. The number of phenols is 1. The van der Waals surface area contributed by atoms with Gasteiger partial charge < -0.3 is 15.6 Å². The number of aromatic hydroxyl groups is 1. The smallest absolute Gasteiger partial charge is 0.115 e. The summed E-state index contributed by atoms with van der Waals surface area (Å²) in [5.74, 6) is 1.58. The van der Waals surface area contributed by atoms with E-state index < -0.39 is 0 Å². The van der Waals surface area contributed by atoms with Crippen molar-refractivity contribution in [2.45, 2.75) is 25.9 Å². The lowest BCUT2D eigenvalue weighted by Gasteiger charge is -2.17. The average molecular weight is 235 g/mol. The highest BCUT2D eigenvalue weighted by atomic mass is 16.5. The lowest BCUT2D eigenvalue weighted by Crippen LogP contribution is -2.22. The first-order valence-electron chi connectivity index (χ1n) is 6.35. The van der Waals surface area contributed by atoms with Gasteiger partial charge in [-0.05, 0) is 48.9 Å². The van der Waals surface area contributed by atoms with Gasteiger partial charge in [0.15, 0.2) is 0 Å². The Labute approximate surface area is 103 Å². The van der Waals surface area contributed by atoms with E-state index in [0.717, 1.165) is 18.7 Å². The van der Waals surface area contributed by atoms with Crippen molar-refractivity contribution in [2.75, 3.05) is 13.2 Å². The van der Waals surface area contributed by atoms with Crippen LogP contribution in [0.4, 0.5) is 0 Å². The van der Waals surface area contributed by atoms with E-state index in [9.17, 15) is 0 Å². The van der Waals surface area contributed by atoms with Gasteiger partial charge in [0.2, 0.25) is 0 Å². The van der Waals surface area contributed by atoms with Crippen molar-refractivity contribution in [3.05, 3.63) is 29.8 Å². The van der Waals surface area contributed by atoms with E-state index in [2.05, 4.69) is 0 Å². The van der Waals surface area contributed by atoms with Gasteiger partial charge >= 0.3 is 0 Å². The topological polar surface area (TPSA) is 55.5 Å². The minimum absolute atomic E-state index is 0.299. The van der Waals surface area contributed by atoms with Crippen molar-refractivity contribution in [1.29, 1.82) is 0 Å². The lowest BCUT2D eigenvalue weighted by molar-refractivity contribution is 0.0753. The van der Waals surface area contributed by atoms with Gasteiger partial charge in [0.1, 0.15) is 5.75 Å². The summed E-state index contributed by atoms with van der Waals surface area (Å²) >= 11 is 0. The molecule has 3 N–H and O–H groups in total. The molecular weight excluding hydrogens is 214 g/mol. The van der Waals surface area contributed by atoms with Crippen molar-refractivity contribution in [3.63, 3.8) is 0 Å². The van der Waals surface area contributed by atoms with E-state index in [1.807, 2.05) is 12.1 Å². The van der Waals surface area contributed by atoms with E-state index in [-0.39, 0.29) is 0 Å². The van der Waals surface area contributed by atoms with Gasteiger partial charge in [0, 0.05) is 0 Å². The van der Waals surface area contributed by atoms with Gasteiger partial charge in [-0.3, -0.25) is 0 Å². The predicted molar refractivity (Wildman–Crippen MR) is 67.6 cm³/mol. The Morgan fingerprint density at radius 1 is 1.18 bits per heavy atom. The van der Waals surface area contributed by atoms with Crippen molar-refractivity contribution < 1.29 is 9.84 Å². The van der Waals surface area contributed by atoms with Crippen molar-refractivity contribution in [1.82, 2.24) is 0 Å². The molecule has 0 spiro atoms. The van der Waals surface area contributed by atoms with Crippen LogP contribution in [-0.4, -0.2) is 18.3 Å². The van der Waals surface area contributed by atoms with Crippen LogP contribution in [0.5, 0.6) is 5.75 Å². The summed E-state index contributed by atoms with van der Waals surface area (Å²) in [4.78, 5) is 0. The number of ether oxygens (including phenoxy) is 1. The van der Waals surface area contributed by atoms with Gasteiger partial charge in [-0.2, -0.15) is 0 Å². The van der Waals surface area contributed by atoms with Gasteiger partial charge in [-0.25, -0.2) is 0 Å². The number of nitrogens with two attached hydrogens (primary N) is 1. The predicted octanol–water partition coefficient (Wildman–Crippen LogP) is 2.28.